The van der Waals surface area contributed by atoms with Crippen LogP contribution in [0.1, 0.15) is 0 Å². The fourth-order valence-electron chi connectivity index (χ4n) is 1.77. The molecule has 5 nitrogen and oxygen atoms in total. The summed E-state index contributed by atoms with van der Waals surface area (Å²) in [5.41, 5.74) is 0.706. The summed E-state index contributed by atoms with van der Waals surface area (Å²) in [6.45, 7) is 0. The van der Waals surface area contributed by atoms with E-state index < -0.39 is 16.3 Å². The molecule has 1 unspecified atom stereocenters. The molecule has 0 spiro atoms. The molecule has 1 aromatic heterocycles. The SMILES string of the molecule is O=[p+]1oc2ccccc2c2ccccc21.OP(O)O. The Kier molecular flexibility index (Phi) is 4.59. The first-order valence-corrected chi connectivity index (χ1v) is 7.68. The Hall–Kier alpha value is -1.35. The van der Waals surface area contributed by atoms with Crippen molar-refractivity contribution < 1.29 is 23.4 Å². The van der Waals surface area contributed by atoms with E-state index in [4.69, 9.17) is 18.9 Å². The first kappa shape index (κ1) is 14.1. The summed E-state index contributed by atoms with van der Waals surface area (Å²) in [5.74, 6) is 0. The van der Waals surface area contributed by atoms with Gasteiger partial charge in [-0.2, -0.15) is 0 Å². The topological polar surface area (TPSA) is 90.9 Å². The summed E-state index contributed by atoms with van der Waals surface area (Å²) in [5, 5.41) is 2.81. The molecule has 0 fully saturated rings. The lowest BCUT2D eigenvalue weighted by Crippen LogP contribution is -1.73. The number of rotatable bonds is 0. The van der Waals surface area contributed by atoms with Crippen LogP contribution in [0.4, 0.5) is 0 Å². The van der Waals surface area contributed by atoms with Gasteiger partial charge in [-0.25, -0.2) is 4.20 Å². The van der Waals surface area contributed by atoms with Crippen LogP contribution in [0.2, 0.25) is 0 Å². The maximum absolute atomic E-state index is 11.8. The zero-order valence-corrected chi connectivity index (χ0v) is 11.5. The summed E-state index contributed by atoms with van der Waals surface area (Å²) in [6, 6.07) is 15.3. The van der Waals surface area contributed by atoms with Crippen molar-refractivity contribution in [1.82, 2.24) is 0 Å². The average molecular weight is 297 g/mol. The maximum Gasteiger partial charge on any atom is 0.597 e. The van der Waals surface area contributed by atoms with Gasteiger partial charge in [0, 0.05) is 10.8 Å². The Bertz CT molecular complexity index is 751. The molecule has 19 heavy (non-hydrogen) atoms. The highest BCUT2D eigenvalue weighted by Gasteiger charge is 2.14. The van der Waals surface area contributed by atoms with Crippen molar-refractivity contribution in [2.24, 2.45) is 0 Å². The van der Waals surface area contributed by atoms with Crippen molar-refractivity contribution in [2.45, 2.75) is 0 Å². The first-order chi connectivity index (χ1) is 9.09. The van der Waals surface area contributed by atoms with Gasteiger partial charge in [0.2, 0.25) is 5.12 Å². The molecule has 0 aliphatic heterocycles. The standard InChI is InChI=1S/C12H8O2P.H3O3P/c13-15-12-8-4-2-6-10(12)9-5-1-3-7-11(9)14-15;1-4(2)3/h1-8H;1-3H/q+1;. The van der Waals surface area contributed by atoms with Crippen molar-refractivity contribution in [2.75, 3.05) is 0 Å². The third-order valence-electron chi connectivity index (χ3n) is 2.46. The van der Waals surface area contributed by atoms with Gasteiger partial charge in [-0.05, 0) is 22.8 Å². The molecule has 98 valence electrons. The van der Waals surface area contributed by atoms with E-state index in [0.717, 1.165) is 15.9 Å². The summed E-state index contributed by atoms with van der Waals surface area (Å²) >= 11 is 0. The van der Waals surface area contributed by atoms with Crippen LogP contribution in [0, 0.1) is 0 Å². The van der Waals surface area contributed by atoms with E-state index in [2.05, 4.69) is 0 Å². The lowest BCUT2D eigenvalue weighted by Gasteiger charge is -1.94. The predicted molar refractivity (Wildman–Crippen MR) is 74.9 cm³/mol. The Morgan fingerprint density at radius 1 is 0.895 bits per heavy atom. The second kappa shape index (κ2) is 6.20. The van der Waals surface area contributed by atoms with Crippen LogP contribution in [0.15, 0.2) is 52.7 Å². The Labute approximate surface area is 110 Å². The van der Waals surface area contributed by atoms with Gasteiger partial charge in [0.1, 0.15) is 0 Å². The monoisotopic (exact) mass is 297 g/mol. The molecule has 0 bridgehead atoms. The van der Waals surface area contributed by atoms with Crippen molar-refractivity contribution >= 4 is 37.7 Å². The molecule has 0 amide bonds. The van der Waals surface area contributed by atoms with Gasteiger partial charge in [0.05, 0.1) is 0 Å². The normalized spacial score (nSPS) is 11.5. The molecule has 0 aliphatic rings. The number of hydrogen-bond donors (Lipinski definition) is 3. The van der Waals surface area contributed by atoms with E-state index >= 15 is 0 Å². The zero-order chi connectivity index (χ0) is 13.8. The Morgan fingerprint density at radius 2 is 1.42 bits per heavy atom. The van der Waals surface area contributed by atoms with Gasteiger partial charge >= 0.3 is 16.3 Å². The van der Waals surface area contributed by atoms with E-state index in [1.54, 1.807) is 0 Å². The van der Waals surface area contributed by atoms with Crippen LogP contribution in [-0.2, 0) is 4.57 Å². The van der Waals surface area contributed by atoms with Crippen LogP contribution >= 0.6 is 16.3 Å². The highest BCUT2D eigenvalue weighted by Crippen LogP contribution is 2.34. The molecule has 0 saturated heterocycles. The summed E-state index contributed by atoms with van der Waals surface area (Å²) in [4.78, 5) is 21.7. The minimum absolute atomic E-state index is 0.706. The smallest absolute Gasteiger partial charge is 0.328 e. The fourth-order valence-corrected chi connectivity index (χ4v) is 2.80. The van der Waals surface area contributed by atoms with E-state index in [1.165, 1.54) is 0 Å². The lowest BCUT2D eigenvalue weighted by atomic mass is 10.1. The molecular weight excluding hydrogens is 286 g/mol. The first-order valence-electron chi connectivity index (χ1n) is 5.30. The maximum atomic E-state index is 11.8. The minimum atomic E-state index is -2.62. The third-order valence-corrected chi connectivity index (χ3v) is 3.61. The van der Waals surface area contributed by atoms with Crippen molar-refractivity contribution in [1.29, 1.82) is 0 Å². The van der Waals surface area contributed by atoms with Crippen molar-refractivity contribution in [3.05, 3.63) is 48.5 Å². The van der Waals surface area contributed by atoms with Crippen LogP contribution in [0.3, 0.4) is 0 Å². The van der Waals surface area contributed by atoms with E-state index in [1.807, 2.05) is 48.5 Å². The molecule has 3 aromatic rings. The third kappa shape index (κ3) is 3.35. The summed E-state index contributed by atoms with van der Waals surface area (Å²) < 4.78 is 17.1. The zero-order valence-electron chi connectivity index (χ0n) is 9.67. The van der Waals surface area contributed by atoms with E-state index in [9.17, 15) is 4.57 Å². The van der Waals surface area contributed by atoms with Gasteiger partial charge < -0.3 is 14.7 Å². The molecule has 7 heteroatoms. The highest BCUT2D eigenvalue weighted by atomic mass is 31.2. The number of hydrogen-bond acceptors (Lipinski definition) is 5. The molecule has 1 heterocycles. The van der Waals surface area contributed by atoms with Gasteiger partial charge in [0.15, 0.2) is 5.58 Å². The van der Waals surface area contributed by atoms with Gasteiger partial charge in [-0.1, -0.05) is 30.3 Å². The van der Waals surface area contributed by atoms with Crippen LogP contribution in [0.25, 0.3) is 21.5 Å². The molecule has 0 radical (unpaired) electrons. The molecular formula is C12H11O5P2+. The van der Waals surface area contributed by atoms with Gasteiger partial charge in [0.25, 0.3) is 0 Å². The summed E-state index contributed by atoms with van der Waals surface area (Å²) in [7, 11) is -4.36. The molecule has 0 saturated carbocycles. The number of para-hydroxylation sites is 1. The molecule has 3 rings (SSSR count). The largest absolute Gasteiger partial charge is 0.597 e. The van der Waals surface area contributed by atoms with Crippen molar-refractivity contribution in [3.63, 3.8) is 0 Å². The quantitative estimate of drug-likeness (QED) is 0.436. The molecule has 2 aromatic carbocycles. The van der Waals surface area contributed by atoms with E-state index in [0.29, 0.717) is 5.58 Å². The second-order valence-corrected chi connectivity index (χ2v) is 5.35. The van der Waals surface area contributed by atoms with Crippen molar-refractivity contribution in [3.8, 4) is 0 Å². The van der Waals surface area contributed by atoms with Crippen LogP contribution < -0.4 is 0 Å². The van der Waals surface area contributed by atoms with Crippen LogP contribution in [-0.4, -0.2) is 14.7 Å². The van der Waals surface area contributed by atoms with E-state index in [-0.39, 0.29) is 0 Å². The van der Waals surface area contributed by atoms with Gasteiger partial charge in [-0.3, -0.25) is 0 Å². The fraction of sp³-hybridized carbons (Fsp3) is 0. The Morgan fingerprint density at radius 3 is 2.11 bits per heavy atom. The number of fused-ring (bicyclic) bond motifs is 3. The summed E-state index contributed by atoms with van der Waals surface area (Å²) in [6.07, 6.45) is 0. The van der Waals surface area contributed by atoms with Crippen LogP contribution in [0.5, 0.6) is 0 Å². The lowest BCUT2D eigenvalue weighted by molar-refractivity contribution is 0.368. The highest BCUT2D eigenvalue weighted by molar-refractivity contribution is 7.38. The molecule has 1 atom stereocenters. The molecule has 3 N–H and O–H groups in total. The predicted octanol–water partition coefficient (Wildman–Crippen LogP) is 3.52. The average Bonchev–Trinajstić information content (AvgIpc) is 2.39. The minimum Gasteiger partial charge on any atom is -0.328 e. The molecule has 0 aliphatic carbocycles. The number of benzene rings is 2. The Balaban J connectivity index is 0.000000297. The van der Waals surface area contributed by atoms with Gasteiger partial charge in [-0.15, -0.1) is 0 Å². The second-order valence-electron chi connectivity index (χ2n) is 3.63.